The minimum atomic E-state index is -0.281. The molecule has 0 spiro atoms. The van der Waals surface area contributed by atoms with Crippen LogP contribution in [0.1, 0.15) is 30.9 Å². The van der Waals surface area contributed by atoms with E-state index < -0.39 is 0 Å². The smallest absolute Gasteiger partial charge is 0.224 e. The van der Waals surface area contributed by atoms with Crippen LogP contribution in [0, 0.1) is 12.7 Å². The number of rotatable bonds is 6. The first kappa shape index (κ1) is 21.1. The second-order valence-electron chi connectivity index (χ2n) is 7.48. The molecule has 2 aromatic carbocycles. The maximum atomic E-state index is 14.0. The molecule has 1 aliphatic heterocycles. The Morgan fingerprint density at radius 1 is 1.17 bits per heavy atom. The molecule has 6 heteroatoms. The van der Waals surface area contributed by atoms with Gasteiger partial charge >= 0.3 is 0 Å². The Balaban J connectivity index is 1.69. The van der Waals surface area contributed by atoms with E-state index in [9.17, 15) is 9.18 Å². The highest BCUT2D eigenvalue weighted by atomic mass is 19.1. The summed E-state index contributed by atoms with van der Waals surface area (Å²) in [5.74, 6) is 1.15. The highest BCUT2D eigenvalue weighted by Crippen LogP contribution is 2.32. The molecule has 1 aliphatic rings. The Hall–Kier alpha value is -2.60. The fourth-order valence-electron chi connectivity index (χ4n) is 4.04. The van der Waals surface area contributed by atoms with Crippen molar-refractivity contribution in [2.24, 2.45) is 0 Å². The Labute approximate surface area is 172 Å². The van der Waals surface area contributed by atoms with Crippen molar-refractivity contribution < 1.29 is 18.7 Å². The third-order valence-corrected chi connectivity index (χ3v) is 5.57. The van der Waals surface area contributed by atoms with Crippen LogP contribution >= 0.6 is 0 Å². The van der Waals surface area contributed by atoms with Gasteiger partial charge in [0, 0.05) is 43.9 Å². The Kier molecular flexibility index (Phi) is 6.75. The zero-order chi connectivity index (χ0) is 21.0. The van der Waals surface area contributed by atoms with Gasteiger partial charge < -0.3 is 14.4 Å². The zero-order valence-corrected chi connectivity index (χ0v) is 17.6. The number of carbonyl (C=O) groups is 1. The van der Waals surface area contributed by atoms with E-state index in [1.165, 1.54) is 6.07 Å². The highest BCUT2D eigenvalue weighted by Gasteiger charge is 2.28. The van der Waals surface area contributed by atoms with Gasteiger partial charge in [0.1, 0.15) is 5.82 Å². The topological polar surface area (TPSA) is 42.0 Å². The molecule has 0 N–H and O–H groups in total. The number of amides is 1. The van der Waals surface area contributed by atoms with E-state index in [0.717, 1.165) is 49.5 Å². The van der Waals surface area contributed by atoms with Crippen molar-refractivity contribution in [1.82, 2.24) is 4.90 Å². The molecular weight excluding hydrogens is 371 g/mol. The summed E-state index contributed by atoms with van der Waals surface area (Å²) in [5.41, 5.74) is 2.29. The van der Waals surface area contributed by atoms with Crippen molar-refractivity contribution >= 4 is 11.6 Å². The number of para-hydroxylation sites is 1. The second-order valence-corrected chi connectivity index (χ2v) is 7.48. The largest absolute Gasteiger partial charge is 0.493 e. The monoisotopic (exact) mass is 400 g/mol. The Bertz CT molecular complexity index is 863. The first-order chi connectivity index (χ1) is 13.9. The normalized spacial score (nSPS) is 15.2. The third kappa shape index (κ3) is 4.70. The Morgan fingerprint density at radius 2 is 1.90 bits per heavy atom. The van der Waals surface area contributed by atoms with E-state index in [0.29, 0.717) is 11.3 Å². The summed E-state index contributed by atoms with van der Waals surface area (Å²) < 4.78 is 25.0. The minimum Gasteiger partial charge on any atom is -0.493 e. The molecule has 29 heavy (non-hydrogen) atoms. The van der Waals surface area contributed by atoms with Gasteiger partial charge in [-0.05, 0) is 43.5 Å². The number of anilines is 1. The molecule has 0 aromatic heterocycles. The quantitative estimate of drug-likeness (QED) is 0.730. The van der Waals surface area contributed by atoms with Crippen molar-refractivity contribution in [3.63, 3.8) is 0 Å². The molecule has 156 valence electrons. The van der Waals surface area contributed by atoms with Gasteiger partial charge in [0.05, 0.1) is 14.2 Å². The lowest BCUT2D eigenvalue weighted by Gasteiger charge is -2.38. The number of piperidine rings is 1. The summed E-state index contributed by atoms with van der Waals surface area (Å²) in [5, 5.41) is 0. The van der Waals surface area contributed by atoms with Gasteiger partial charge in [0.2, 0.25) is 5.91 Å². The summed E-state index contributed by atoms with van der Waals surface area (Å²) in [6.07, 6.45) is 1.67. The molecule has 0 atom stereocenters. The van der Waals surface area contributed by atoms with Crippen LogP contribution in [0.25, 0.3) is 0 Å². The van der Waals surface area contributed by atoms with Crippen LogP contribution in [0.15, 0.2) is 36.4 Å². The van der Waals surface area contributed by atoms with E-state index >= 15 is 0 Å². The van der Waals surface area contributed by atoms with Crippen LogP contribution in [-0.2, 0) is 11.3 Å². The van der Waals surface area contributed by atoms with Crippen LogP contribution in [0.2, 0.25) is 0 Å². The molecule has 1 saturated heterocycles. The maximum Gasteiger partial charge on any atom is 0.224 e. The zero-order valence-electron chi connectivity index (χ0n) is 17.6. The number of aryl methyl sites for hydroxylation is 1. The van der Waals surface area contributed by atoms with E-state index in [-0.39, 0.29) is 17.8 Å². The van der Waals surface area contributed by atoms with Crippen molar-refractivity contribution in [3.05, 3.63) is 53.3 Å². The van der Waals surface area contributed by atoms with Crippen molar-refractivity contribution in [2.45, 2.75) is 39.3 Å². The molecule has 0 aliphatic carbocycles. The lowest BCUT2D eigenvalue weighted by molar-refractivity contribution is -0.117. The van der Waals surface area contributed by atoms with E-state index in [1.54, 1.807) is 39.0 Å². The van der Waals surface area contributed by atoms with Crippen LogP contribution in [-0.4, -0.2) is 44.2 Å². The fraction of sp³-hybridized carbons (Fsp3) is 0.435. The van der Waals surface area contributed by atoms with Crippen LogP contribution in [0.3, 0.4) is 0 Å². The van der Waals surface area contributed by atoms with E-state index in [2.05, 4.69) is 4.90 Å². The molecule has 1 heterocycles. The molecule has 3 rings (SSSR count). The summed E-state index contributed by atoms with van der Waals surface area (Å²) in [7, 11) is 3.29. The number of halogens is 1. The molecule has 1 amide bonds. The average Bonchev–Trinajstić information content (AvgIpc) is 2.71. The number of ether oxygens (including phenoxy) is 2. The molecule has 5 nitrogen and oxygen atoms in total. The van der Waals surface area contributed by atoms with Gasteiger partial charge in [-0.25, -0.2) is 4.39 Å². The summed E-state index contributed by atoms with van der Waals surface area (Å²) in [6.45, 7) is 5.73. The van der Waals surface area contributed by atoms with Crippen molar-refractivity contribution in [3.8, 4) is 11.5 Å². The SMILES string of the molecule is COc1cccc(CN2CCC(N(C(C)=O)c3ccc(C)c(F)c3)CC2)c1OC. The molecule has 0 saturated carbocycles. The molecule has 0 radical (unpaired) electrons. The molecule has 2 aromatic rings. The van der Waals surface area contributed by atoms with E-state index in [1.807, 2.05) is 24.3 Å². The summed E-state index contributed by atoms with van der Waals surface area (Å²) in [6, 6.07) is 11.0. The third-order valence-electron chi connectivity index (χ3n) is 5.57. The first-order valence-corrected chi connectivity index (χ1v) is 9.92. The lowest BCUT2D eigenvalue weighted by atomic mass is 10.0. The molecular formula is C23H29FN2O3. The maximum absolute atomic E-state index is 14.0. The van der Waals surface area contributed by atoms with Gasteiger partial charge in [-0.2, -0.15) is 0 Å². The number of hydrogen-bond donors (Lipinski definition) is 0. The predicted molar refractivity (Wildman–Crippen MR) is 112 cm³/mol. The van der Waals surface area contributed by atoms with Crippen LogP contribution < -0.4 is 14.4 Å². The van der Waals surface area contributed by atoms with Gasteiger partial charge in [-0.1, -0.05) is 18.2 Å². The van der Waals surface area contributed by atoms with Gasteiger partial charge in [-0.15, -0.1) is 0 Å². The number of hydrogen-bond acceptors (Lipinski definition) is 4. The standard InChI is InChI=1S/C23H29FN2O3/c1-16-8-9-20(14-21(16)24)26(17(2)27)19-10-12-25(13-11-19)15-18-6-5-7-22(28-3)23(18)29-4/h5-9,14,19H,10-13,15H2,1-4H3. The number of carbonyl (C=O) groups excluding carboxylic acids is 1. The molecule has 1 fully saturated rings. The highest BCUT2D eigenvalue weighted by molar-refractivity contribution is 5.92. The first-order valence-electron chi connectivity index (χ1n) is 9.92. The van der Waals surface area contributed by atoms with Crippen LogP contribution in [0.4, 0.5) is 10.1 Å². The number of likely N-dealkylation sites (tertiary alicyclic amines) is 1. The molecule has 0 bridgehead atoms. The lowest BCUT2D eigenvalue weighted by Crippen LogP contribution is -2.46. The van der Waals surface area contributed by atoms with E-state index in [4.69, 9.17) is 9.47 Å². The average molecular weight is 400 g/mol. The summed E-state index contributed by atoms with van der Waals surface area (Å²) in [4.78, 5) is 16.4. The second kappa shape index (κ2) is 9.27. The van der Waals surface area contributed by atoms with Gasteiger partial charge in [0.25, 0.3) is 0 Å². The number of nitrogens with zero attached hydrogens (tertiary/aromatic N) is 2. The van der Waals surface area contributed by atoms with Gasteiger partial charge in [0.15, 0.2) is 11.5 Å². The predicted octanol–water partition coefficient (Wildman–Crippen LogP) is 4.17. The van der Waals surface area contributed by atoms with Gasteiger partial charge in [-0.3, -0.25) is 9.69 Å². The fourth-order valence-corrected chi connectivity index (χ4v) is 4.04. The Morgan fingerprint density at radius 3 is 2.48 bits per heavy atom. The van der Waals surface area contributed by atoms with Crippen LogP contribution in [0.5, 0.6) is 11.5 Å². The van der Waals surface area contributed by atoms with Crippen molar-refractivity contribution in [2.75, 3.05) is 32.2 Å². The number of methoxy groups -OCH3 is 2. The number of benzene rings is 2. The van der Waals surface area contributed by atoms with Crippen molar-refractivity contribution in [1.29, 1.82) is 0 Å². The summed E-state index contributed by atoms with van der Waals surface area (Å²) >= 11 is 0. The molecule has 0 unspecified atom stereocenters. The minimum absolute atomic E-state index is 0.0545.